The van der Waals surface area contributed by atoms with Gasteiger partial charge in [-0.2, -0.15) is 0 Å². The fourth-order valence-corrected chi connectivity index (χ4v) is 1.64. The number of unbranched alkanes of at least 4 members (excludes halogenated alkanes) is 1. The number of rotatable bonds is 11. The molecule has 0 fully saturated rings. The predicted octanol–water partition coefficient (Wildman–Crippen LogP) is 1.89. The Kier molecular flexibility index (Phi) is 9.11. The van der Waals surface area contributed by atoms with Crippen LogP contribution in [0.5, 0.6) is 0 Å². The monoisotopic (exact) mass is 240 g/mol. The molecule has 96 valence electrons. The van der Waals surface area contributed by atoms with Gasteiger partial charge in [-0.1, -0.05) is 19.8 Å². The first kappa shape index (κ1) is 15.7. The van der Waals surface area contributed by atoms with E-state index in [0.29, 0.717) is 12.7 Å². The standard InChI is InChI=1S/C13H20O4/c1-2-3-5-11(7-9-15)10-13(17)12(16)6-4-8-14/h8-9,11H,2-7,10H2,1H3. The third kappa shape index (κ3) is 7.55. The van der Waals surface area contributed by atoms with Gasteiger partial charge in [-0.15, -0.1) is 0 Å². The molecule has 0 aromatic carbocycles. The summed E-state index contributed by atoms with van der Waals surface area (Å²) in [6.45, 7) is 2.04. The SMILES string of the molecule is CCCCC(CC=O)CC(=O)C(=O)CCC=O. The molecule has 0 aliphatic carbocycles. The molecule has 0 radical (unpaired) electrons. The van der Waals surface area contributed by atoms with Crippen molar-refractivity contribution >= 4 is 24.1 Å². The Morgan fingerprint density at radius 3 is 2.35 bits per heavy atom. The Hall–Kier alpha value is -1.32. The highest BCUT2D eigenvalue weighted by molar-refractivity contribution is 6.37. The van der Waals surface area contributed by atoms with Crippen LogP contribution in [0.1, 0.15) is 51.9 Å². The summed E-state index contributed by atoms with van der Waals surface area (Å²) in [5, 5.41) is 0. The van der Waals surface area contributed by atoms with E-state index in [1.165, 1.54) is 0 Å². The minimum Gasteiger partial charge on any atom is -0.303 e. The number of aldehydes is 2. The minimum atomic E-state index is -0.496. The number of hydrogen-bond acceptors (Lipinski definition) is 4. The van der Waals surface area contributed by atoms with Crippen molar-refractivity contribution in [2.24, 2.45) is 5.92 Å². The Morgan fingerprint density at radius 2 is 1.82 bits per heavy atom. The molecule has 0 rings (SSSR count). The molecule has 17 heavy (non-hydrogen) atoms. The predicted molar refractivity (Wildman–Crippen MR) is 63.6 cm³/mol. The molecule has 4 heteroatoms. The van der Waals surface area contributed by atoms with Gasteiger partial charge >= 0.3 is 0 Å². The molecule has 1 unspecified atom stereocenters. The number of Topliss-reactive ketones (excluding diaryl/α,β-unsaturated/α-hetero) is 2. The van der Waals surface area contributed by atoms with Crippen molar-refractivity contribution in [1.29, 1.82) is 0 Å². The summed E-state index contributed by atoms with van der Waals surface area (Å²) in [5.41, 5.74) is 0. The van der Waals surface area contributed by atoms with Gasteiger partial charge in [-0.05, 0) is 12.3 Å². The Bertz CT molecular complexity index is 271. The fraction of sp³-hybridized carbons (Fsp3) is 0.692. The normalized spacial score (nSPS) is 11.8. The average Bonchev–Trinajstić information content (AvgIpc) is 2.33. The molecule has 0 aromatic rings. The van der Waals surface area contributed by atoms with Gasteiger partial charge in [-0.25, -0.2) is 0 Å². The summed E-state index contributed by atoms with van der Waals surface area (Å²) in [5.74, 6) is -0.973. The Morgan fingerprint density at radius 1 is 1.12 bits per heavy atom. The summed E-state index contributed by atoms with van der Waals surface area (Å²) >= 11 is 0. The lowest BCUT2D eigenvalue weighted by molar-refractivity contribution is -0.137. The maximum atomic E-state index is 11.5. The van der Waals surface area contributed by atoms with Crippen LogP contribution in [0.15, 0.2) is 0 Å². The molecule has 0 saturated heterocycles. The van der Waals surface area contributed by atoms with E-state index in [1.807, 2.05) is 6.92 Å². The van der Waals surface area contributed by atoms with Crippen molar-refractivity contribution in [3.8, 4) is 0 Å². The van der Waals surface area contributed by atoms with Gasteiger partial charge < -0.3 is 9.59 Å². The van der Waals surface area contributed by atoms with Crippen molar-refractivity contribution in [3.05, 3.63) is 0 Å². The second kappa shape index (κ2) is 9.87. The molecule has 0 aromatic heterocycles. The second-order valence-corrected chi connectivity index (χ2v) is 4.17. The Balaban J connectivity index is 4.13. The highest BCUT2D eigenvalue weighted by Gasteiger charge is 2.18. The molecule has 0 heterocycles. The van der Waals surface area contributed by atoms with Gasteiger partial charge in [0.25, 0.3) is 0 Å². The summed E-state index contributed by atoms with van der Waals surface area (Å²) in [6.07, 6.45) is 4.72. The summed E-state index contributed by atoms with van der Waals surface area (Å²) in [4.78, 5) is 43.4. The van der Waals surface area contributed by atoms with E-state index in [4.69, 9.17) is 0 Å². The number of hydrogen-bond donors (Lipinski definition) is 0. The van der Waals surface area contributed by atoms with Crippen molar-refractivity contribution in [1.82, 2.24) is 0 Å². The summed E-state index contributed by atoms with van der Waals surface area (Å²) < 4.78 is 0. The van der Waals surface area contributed by atoms with Gasteiger partial charge in [0.1, 0.15) is 12.6 Å². The first-order chi connectivity index (χ1) is 8.15. The molecule has 0 N–H and O–H groups in total. The molecule has 4 nitrogen and oxygen atoms in total. The second-order valence-electron chi connectivity index (χ2n) is 4.17. The highest BCUT2D eigenvalue weighted by Crippen LogP contribution is 2.16. The summed E-state index contributed by atoms with van der Waals surface area (Å²) in [7, 11) is 0. The highest BCUT2D eigenvalue weighted by atomic mass is 16.2. The third-order valence-electron chi connectivity index (χ3n) is 2.67. The molecule has 0 bridgehead atoms. The molecule has 0 saturated carbocycles. The topological polar surface area (TPSA) is 68.3 Å². The summed E-state index contributed by atoms with van der Waals surface area (Å²) in [6, 6.07) is 0. The van der Waals surface area contributed by atoms with Crippen LogP contribution in [0.4, 0.5) is 0 Å². The smallest absolute Gasteiger partial charge is 0.198 e. The molecular weight excluding hydrogens is 220 g/mol. The van der Waals surface area contributed by atoms with Crippen molar-refractivity contribution in [2.75, 3.05) is 0 Å². The van der Waals surface area contributed by atoms with Crippen LogP contribution >= 0.6 is 0 Å². The largest absolute Gasteiger partial charge is 0.303 e. The van der Waals surface area contributed by atoms with Crippen LogP contribution in [0.25, 0.3) is 0 Å². The van der Waals surface area contributed by atoms with Gasteiger partial charge in [0.2, 0.25) is 0 Å². The van der Waals surface area contributed by atoms with E-state index in [-0.39, 0.29) is 25.2 Å². The number of carbonyl (C=O) groups excluding carboxylic acids is 4. The molecule has 0 aliphatic heterocycles. The van der Waals surface area contributed by atoms with Crippen molar-refractivity contribution < 1.29 is 19.2 Å². The third-order valence-corrected chi connectivity index (χ3v) is 2.67. The molecule has 0 spiro atoms. The zero-order valence-electron chi connectivity index (χ0n) is 10.3. The zero-order valence-corrected chi connectivity index (χ0v) is 10.3. The molecular formula is C13H20O4. The lowest BCUT2D eigenvalue weighted by Gasteiger charge is -2.11. The van der Waals surface area contributed by atoms with Crippen LogP contribution < -0.4 is 0 Å². The number of ketones is 2. The number of carbonyl (C=O) groups is 4. The first-order valence-electron chi connectivity index (χ1n) is 6.09. The minimum absolute atomic E-state index is 0.01000. The lowest BCUT2D eigenvalue weighted by atomic mass is 9.92. The molecule has 0 amide bonds. The fourth-order valence-electron chi connectivity index (χ4n) is 1.64. The van der Waals surface area contributed by atoms with E-state index in [9.17, 15) is 19.2 Å². The maximum absolute atomic E-state index is 11.5. The van der Waals surface area contributed by atoms with E-state index in [1.54, 1.807) is 0 Å². The Labute approximate surface area is 102 Å². The average molecular weight is 240 g/mol. The van der Waals surface area contributed by atoms with Gasteiger partial charge in [0.05, 0.1) is 0 Å². The van der Waals surface area contributed by atoms with Crippen LogP contribution in [0, 0.1) is 5.92 Å². The molecule has 1 atom stereocenters. The van der Waals surface area contributed by atoms with Crippen LogP contribution in [-0.2, 0) is 19.2 Å². The van der Waals surface area contributed by atoms with Crippen molar-refractivity contribution in [3.63, 3.8) is 0 Å². The van der Waals surface area contributed by atoms with E-state index < -0.39 is 11.6 Å². The zero-order chi connectivity index (χ0) is 13.1. The van der Waals surface area contributed by atoms with Crippen LogP contribution in [-0.4, -0.2) is 24.1 Å². The van der Waals surface area contributed by atoms with Crippen LogP contribution in [0.3, 0.4) is 0 Å². The van der Waals surface area contributed by atoms with E-state index >= 15 is 0 Å². The lowest BCUT2D eigenvalue weighted by Crippen LogP contribution is -2.18. The van der Waals surface area contributed by atoms with Gasteiger partial charge in [0, 0.05) is 25.7 Å². The van der Waals surface area contributed by atoms with Gasteiger partial charge in [0.15, 0.2) is 11.6 Å². The maximum Gasteiger partial charge on any atom is 0.198 e. The quantitative estimate of drug-likeness (QED) is 0.408. The molecule has 0 aliphatic rings. The first-order valence-corrected chi connectivity index (χ1v) is 6.09. The van der Waals surface area contributed by atoms with E-state index in [2.05, 4.69) is 0 Å². The van der Waals surface area contributed by atoms with Crippen molar-refractivity contribution in [2.45, 2.75) is 51.9 Å². The van der Waals surface area contributed by atoms with Crippen LogP contribution in [0.2, 0.25) is 0 Å². The van der Waals surface area contributed by atoms with Gasteiger partial charge in [-0.3, -0.25) is 9.59 Å². The van der Waals surface area contributed by atoms with E-state index in [0.717, 1.165) is 25.5 Å².